The fraction of sp³-hybridized carbons (Fsp3) is 0.732. The highest BCUT2D eigenvalue weighted by atomic mass is 16.5. The molecule has 6 nitrogen and oxygen atoms in total. The largest absolute Gasteiger partial charge is 0.465 e. The summed E-state index contributed by atoms with van der Waals surface area (Å²) in [7, 11) is 1.38. The van der Waals surface area contributed by atoms with E-state index in [0.717, 1.165) is 64.2 Å². The Morgan fingerprint density at radius 2 is 1.47 bits per heavy atom. The predicted molar refractivity (Wildman–Crippen MR) is 186 cm³/mol. The standard InChI is InChI=1S/C41H59NO5/c1-25(2)27-15-22-41(35(45)42-29-14-12-11-13-28(29)34(44)46-10)24-23-40(9)38(7)20-16-30-36(4,5)32(47-26(3)43)18-19-37(30,6)31(38)17-21-39(40,8)33(27)41/h11-14,27,30-33H,1,15-24H2,2-10H3,(H,42,45)/t27-,30?,31?,32-,33+,37-,38+,39+,40-,41-/m0/s1. The third-order valence-corrected chi connectivity index (χ3v) is 16.1. The smallest absolute Gasteiger partial charge is 0.339 e. The molecule has 5 aliphatic rings. The lowest BCUT2D eigenvalue weighted by Gasteiger charge is -2.76. The van der Waals surface area contributed by atoms with Gasteiger partial charge in [0, 0.05) is 12.3 Å². The molecule has 1 N–H and O–H groups in total. The van der Waals surface area contributed by atoms with Crippen LogP contribution in [0.4, 0.5) is 5.69 Å². The molecule has 1 amide bonds. The monoisotopic (exact) mass is 645 g/mol. The van der Waals surface area contributed by atoms with Gasteiger partial charge in [-0.15, -0.1) is 0 Å². The van der Waals surface area contributed by atoms with Gasteiger partial charge in [0.1, 0.15) is 6.10 Å². The Balaban J connectivity index is 1.38. The van der Waals surface area contributed by atoms with Gasteiger partial charge in [-0.25, -0.2) is 4.79 Å². The van der Waals surface area contributed by atoms with E-state index in [4.69, 9.17) is 9.47 Å². The Hall–Kier alpha value is -2.63. The lowest BCUT2D eigenvalue weighted by atomic mass is 9.29. The number of ether oxygens (including phenoxy) is 2. The number of allylic oxidation sites excluding steroid dienone is 1. The first kappa shape index (κ1) is 34.2. The first-order valence-electron chi connectivity index (χ1n) is 18.2. The zero-order chi connectivity index (χ0) is 34.4. The number of amides is 1. The Kier molecular flexibility index (Phi) is 8.16. The Bertz CT molecular complexity index is 1480. The number of methoxy groups -OCH3 is 1. The fourth-order valence-corrected chi connectivity index (χ4v) is 13.6. The number of carbonyl (C=O) groups excluding carboxylic acids is 3. The van der Waals surface area contributed by atoms with Gasteiger partial charge in [0.15, 0.2) is 0 Å². The van der Waals surface area contributed by atoms with Gasteiger partial charge < -0.3 is 14.8 Å². The molecule has 0 spiro atoms. The van der Waals surface area contributed by atoms with Crippen LogP contribution in [0.2, 0.25) is 0 Å². The van der Waals surface area contributed by atoms with Gasteiger partial charge in [0.2, 0.25) is 5.91 Å². The molecule has 2 unspecified atom stereocenters. The van der Waals surface area contributed by atoms with Crippen molar-refractivity contribution in [1.82, 2.24) is 0 Å². The zero-order valence-corrected chi connectivity index (χ0v) is 30.5. The van der Waals surface area contributed by atoms with E-state index in [1.54, 1.807) is 19.1 Å². The maximum absolute atomic E-state index is 14.8. The molecule has 5 fully saturated rings. The van der Waals surface area contributed by atoms with E-state index in [2.05, 4.69) is 60.4 Å². The minimum absolute atomic E-state index is 0.0280. The van der Waals surface area contributed by atoms with Gasteiger partial charge in [-0.05, 0) is 129 Å². The highest BCUT2D eigenvalue weighted by Gasteiger charge is 2.75. The number of para-hydroxylation sites is 1. The summed E-state index contributed by atoms with van der Waals surface area (Å²) in [6, 6.07) is 7.21. The summed E-state index contributed by atoms with van der Waals surface area (Å²) >= 11 is 0. The van der Waals surface area contributed by atoms with E-state index in [1.807, 2.05) is 12.1 Å². The normalized spacial score (nSPS) is 43.3. The first-order valence-corrected chi connectivity index (χ1v) is 18.2. The average Bonchev–Trinajstić information content (AvgIpc) is 3.42. The molecule has 0 aliphatic heterocycles. The van der Waals surface area contributed by atoms with Gasteiger partial charge >= 0.3 is 11.9 Å². The van der Waals surface area contributed by atoms with Crippen LogP contribution in [0.3, 0.4) is 0 Å². The molecule has 5 saturated carbocycles. The molecule has 0 heterocycles. The predicted octanol–water partition coefficient (Wildman–Crippen LogP) is 9.39. The number of fused-ring (bicyclic) bond motifs is 7. The summed E-state index contributed by atoms with van der Waals surface area (Å²) in [5.74, 6) is 0.978. The molecule has 0 aromatic heterocycles. The minimum atomic E-state index is -0.518. The van der Waals surface area contributed by atoms with Crippen LogP contribution in [-0.4, -0.2) is 31.1 Å². The molecule has 6 heteroatoms. The molecule has 6 rings (SSSR count). The summed E-state index contributed by atoms with van der Waals surface area (Å²) in [4.78, 5) is 39.5. The van der Waals surface area contributed by atoms with Crippen LogP contribution in [0.25, 0.3) is 0 Å². The third-order valence-electron chi connectivity index (χ3n) is 16.1. The van der Waals surface area contributed by atoms with E-state index in [1.165, 1.54) is 12.7 Å². The summed E-state index contributed by atoms with van der Waals surface area (Å²) in [6.07, 6.45) is 10.2. The van der Waals surface area contributed by atoms with Crippen molar-refractivity contribution in [3.05, 3.63) is 42.0 Å². The summed E-state index contributed by atoms with van der Waals surface area (Å²) < 4.78 is 11.0. The van der Waals surface area contributed by atoms with Crippen molar-refractivity contribution in [3.8, 4) is 0 Å². The Labute approximate surface area is 283 Å². The van der Waals surface area contributed by atoms with Crippen molar-refractivity contribution in [2.75, 3.05) is 12.4 Å². The van der Waals surface area contributed by atoms with Crippen LogP contribution in [-0.2, 0) is 19.1 Å². The van der Waals surface area contributed by atoms with Gasteiger partial charge in [0.25, 0.3) is 0 Å². The van der Waals surface area contributed by atoms with Gasteiger partial charge in [-0.3, -0.25) is 9.59 Å². The highest BCUT2D eigenvalue weighted by molar-refractivity contribution is 6.03. The van der Waals surface area contributed by atoms with Crippen molar-refractivity contribution in [2.24, 2.45) is 56.2 Å². The van der Waals surface area contributed by atoms with Crippen molar-refractivity contribution >= 4 is 23.5 Å². The van der Waals surface area contributed by atoms with Crippen molar-refractivity contribution < 1.29 is 23.9 Å². The van der Waals surface area contributed by atoms with Crippen molar-refractivity contribution in [1.29, 1.82) is 0 Å². The lowest BCUT2D eigenvalue weighted by molar-refractivity contribution is -0.275. The van der Waals surface area contributed by atoms with Crippen LogP contribution in [0.5, 0.6) is 0 Å². The average molecular weight is 646 g/mol. The maximum atomic E-state index is 14.8. The number of benzene rings is 1. The molecule has 1 aromatic rings. The number of rotatable bonds is 5. The van der Waals surface area contributed by atoms with Gasteiger partial charge in [0.05, 0.1) is 23.8 Å². The molecule has 0 bridgehead atoms. The summed E-state index contributed by atoms with van der Waals surface area (Å²) in [6.45, 7) is 23.3. The Morgan fingerprint density at radius 3 is 2.13 bits per heavy atom. The minimum Gasteiger partial charge on any atom is -0.465 e. The molecule has 1 aromatic carbocycles. The van der Waals surface area contributed by atoms with Crippen LogP contribution in [0.15, 0.2) is 36.4 Å². The van der Waals surface area contributed by atoms with E-state index >= 15 is 0 Å². The number of carbonyl (C=O) groups is 3. The lowest BCUT2D eigenvalue weighted by Crippen LogP contribution is -2.70. The maximum Gasteiger partial charge on any atom is 0.339 e. The zero-order valence-electron chi connectivity index (χ0n) is 30.5. The van der Waals surface area contributed by atoms with Crippen LogP contribution in [0.1, 0.15) is 130 Å². The van der Waals surface area contributed by atoms with Crippen LogP contribution in [0, 0.1) is 56.2 Å². The number of hydrogen-bond acceptors (Lipinski definition) is 5. The molecule has 5 aliphatic carbocycles. The summed E-state index contributed by atoms with van der Waals surface area (Å²) in [5, 5.41) is 3.27. The molecular weight excluding hydrogens is 586 g/mol. The van der Waals surface area contributed by atoms with Crippen LogP contribution >= 0.6 is 0 Å². The molecule has 0 saturated heterocycles. The quantitative estimate of drug-likeness (QED) is 0.255. The summed E-state index contributed by atoms with van der Waals surface area (Å²) in [5.41, 5.74) is 1.81. The van der Waals surface area contributed by atoms with Gasteiger partial charge in [-0.1, -0.05) is 65.8 Å². The SMILES string of the molecule is C=C(C)[C@@H]1CC[C@]2(C(=O)Nc3ccccc3C(=O)OC)CC[C@@]3(C)[C@]4(C)CCC5C(C)(C)[C@@H](OC(C)=O)CC[C@]5(C)C4CC[C@]3(C)[C@@H]12. The van der Waals surface area contributed by atoms with Crippen molar-refractivity contribution in [3.63, 3.8) is 0 Å². The molecule has 47 heavy (non-hydrogen) atoms. The Morgan fingerprint density at radius 1 is 0.809 bits per heavy atom. The van der Waals surface area contributed by atoms with E-state index in [-0.39, 0.29) is 56.9 Å². The van der Waals surface area contributed by atoms with E-state index in [0.29, 0.717) is 23.1 Å². The number of esters is 2. The van der Waals surface area contributed by atoms with E-state index in [9.17, 15) is 14.4 Å². The van der Waals surface area contributed by atoms with Crippen LogP contribution < -0.4 is 5.32 Å². The number of anilines is 1. The second-order valence-electron chi connectivity index (χ2n) is 17.9. The van der Waals surface area contributed by atoms with Crippen molar-refractivity contribution in [2.45, 2.75) is 126 Å². The second-order valence-corrected chi connectivity index (χ2v) is 17.9. The fourth-order valence-electron chi connectivity index (χ4n) is 13.6. The molecular formula is C41H59NO5. The molecule has 258 valence electrons. The molecule has 0 radical (unpaired) electrons. The van der Waals surface area contributed by atoms with E-state index < -0.39 is 11.4 Å². The second kappa shape index (κ2) is 11.2. The van der Waals surface area contributed by atoms with Gasteiger partial charge in [-0.2, -0.15) is 0 Å². The highest BCUT2D eigenvalue weighted by Crippen LogP contribution is 2.81. The number of hydrogen-bond donors (Lipinski definition) is 1. The number of nitrogens with one attached hydrogen (secondary N) is 1. The first-order chi connectivity index (χ1) is 21.9. The topological polar surface area (TPSA) is 81.7 Å². The molecule has 10 atom stereocenters. The third kappa shape index (κ3) is 4.58.